The van der Waals surface area contributed by atoms with Crippen LogP contribution in [0.4, 0.5) is 0 Å². The second kappa shape index (κ2) is 5.89. The topological polar surface area (TPSA) is 59.9 Å². The lowest BCUT2D eigenvalue weighted by Gasteiger charge is -2.40. The van der Waals surface area contributed by atoms with Gasteiger partial charge in [-0.15, -0.1) is 0 Å². The van der Waals surface area contributed by atoms with Crippen molar-refractivity contribution in [2.45, 2.75) is 44.8 Å². The summed E-state index contributed by atoms with van der Waals surface area (Å²) in [6.45, 7) is 8.85. The zero-order chi connectivity index (χ0) is 13.0. The van der Waals surface area contributed by atoms with Gasteiger partial charge in [-0.25, -0.2) is 0 Å². The fourth-order valence-corrected chi connectivity index (χ4v) is 2.53. The first-order valence-electron chi connectivity index (χ1n) is 7.08. The maximum atomic E-state index is 10.5. The Kier molecular flexibility index (Phi) is 4.45. The normalized spacial score (nSPS) is 24.6. The van der Waals surface area contributed by atoms with Gasteiger partial charge in [0.25, 0.3) is 0 Å². The number of rotatable bonds is 3. The third-order valence-corrected chi connectivity index (χ3v) is 3.94. The van der Waals surface area contributed by atoms with Crippen LogP contribution in [0.1, 0.15) is 33.1 Å². The molecule has 1 saturated heterocycles. The molecule has 0 amide bonds. The van der Waals surface area contributed by atoms with Gasteiger partial charge in [0.15, 0.2) is 5.96 Å². The summed E-state index contributed by atoms with van der Waals surface area (Å²) < 4.78 is 0. The highest BCUT2D eigenvalue weighted by Gasteiger charge is 2.33. The predicted octanol–water partition coefficient (Wildman–Crippen LogP) is 0.161. The van der Waals surface area contributed by atoms with Gasteiger partial charge in [0, 0.05) is 38.8 Å². The Morgan fingerprint density at radius 2 is 2.17 bits per heavy atom. The van der Waals surface area contributed by atoms with Crippen molar-refractivity contribution >= 4 is 5.96 Å². The number of hydrogen-bond donors (Lipinski definition) is 3. The van der Waals surface area contributed by atoms with Crippen LogP contribution in [0.2, 0.25) is 0 Å². The van der Waals surface area contributed by atoms with Gasteiger partial charge in [0.1, 0.15) is 0 Å². The highest BCUT2D eigenvalue weighted by Crippen LogP contribution is 2.22. The van der Waals surface area contributed by atoms with E-state index in [1.54, 1.807) is 0 Å². The number of guanidine groups is 1. The molecular weight excluding hydrogens is 228 g/mol. The molecule has 0 unspecified atom stereocenters. The molecule has 2 heterocycles. The minimum absolute atomic E-state index is 0.576. The van der Waals surface area contributed by atoms with Crippen LogP contribution in [-0.4, -0.2) is 60.3 Å². The second-order valence-corrected chi connectivity index (χ2v) is 5.72. The molecule has 0 aromatic carbocycles. The first-order valence-corrected chi connectivity index (χ1v) is 7.08. The monoisotopic (exact) mass is 254 g/mol. The van der Waals surface area contributed by atoms with Gasteiger partial charge < -0.3 is 20.6 Å². The number of aliphatic imine (C=N–C) groups is 1. The highest BCUT2D eigenvalue weighted by atomic mass is 16.3. The van der Waals surface area contributed by atoms with Gasteiger partial charge in [-0.3, -0.25) is 4.99 Å². The van der Waals surface area contributed by atoms with Crippen molar-refractivity contribution in [2.24, 2.45) is 4.99 Å². The van der Waals surface area contributed by atoms with Crippen molar-refractivity contribution in [1.82, 2.24) is 15.5 Å². The predicted molar refractivity (Wildman–Crippen MR) is 73.8 cm³/mol. The maximum absolute atomic E-state index is 10.5. The summed E-state index contributed by atoms with van der Waals surface area (Å²) in [5, 5.41) is 17.0. The summed E-state index contributed by atoms with van der Waals surface area (Å²) in [6, 6.07) is 0.576. The number of nitrogens with zero attached hydrogens (tertiary/aromatic N) is 2. The maximum Gasteiger partial charge on any atom is 0.191 e. The first-order chi connectivity index (χ1) is 8.59. The lowest BCUT2D eigenvalue weighted by molar-refractivity contribution is -0.0235. The van der Waals surface area contributed by atoms with Crippen molar-refractivity contribution in [1.29, 1.82) is 0 Å². The van der Waals surface area contributed by atoms with Crippen molar-refractivity contribution in [2.75, 3.05) is 32.7 Å². The number of nitrogens with one attached hydrogen (secondary N) is 2. The summed E-state index contributed by atoms with van der Waals surface area (Å²) in [7, 11) is 0. The van der Waals surface area contributed by atoms with E-state index in [-0.39, 0.29) is 0 Å². The number of hydrogen-bond acceptors (Lipinski definition) is 5. The Morgan fingerprint density at radius 1 is 1.44 bits per heavy atom. The van der Waals surface area contributed by atoms with E-state index in [0.717, 1.165) is 51.4 Å². The minimum Gasteiger partial charge on any atom is -0.388 e. The van der Waals surface area contributed by atoms with Gasteiger partial charge >= 0.3 is 0 Å². The molecular formula is C13H26N4O. The Balaban J connectivity index is 1.77. The zero-order valence-corrected chi connectivity index (χ0v) is 11.6. The molecule has 104 valence electrons. The van der Waals surface area contributed by atoms with Gasteiger partial charge in [-0.2, -0.15) is 0 Å². The van der Waals surface area contributed by atoms with Gasteiger partial charge in [0.05, 0.1) is 5.60 Å². The van der Waals surface area contributed by atoms with Crippen molar-refractivity contribution in [3.63, 3.8) is 0 Å². The van der Waals surface area contributed by atoms with E-state index < -0.39 is 5.60 Å². The van der Waals surface area contributed by atoms with Crippen LogP contribution >= 0.6 is 0 Å². The van der Waals surface area contributed by atoms with E-state index in [1.807, 2.05) is 0 Å². The average Bonchev–Trinajstić information content (AvgIpc) is 2.38. The van der Waals surface area contributed by atoms with Crippen LogP contribution in [-0.2, 0) is 0 Å². The molecule has 0 radical (unpaired) electrons. The molecule has 0 aromatic rings. The van der Waals surface area contributed by atoms with Gasteiger partial charge in [0.2, 0.25) is 0 Å². The third kappa shape index (κ3) is 3.59. The molecule has 2 aliphatic rings. The Morgan fingerprint density at radius 3 is 2.72 bits per heavy atom. The molecule has 0 bridgehead atoms. The molecule has 5 nitrogen and oxygen atoms in total. The quantitative estimate of drug-likeness (QED) is 0.671. The fourth-order valence-electron chi connectivity index (χ4n) is 2.53. The molecule has 18 heavy (non-hydrogen) atoms. The Hall–Kier alpha value is -0.810. The molecule has 3 N–H and O–H groups in total. The molecule has 0 aliphatic carbocycles. The SMILES string of the molecule is CC(C)N1CCC(O)(CNC2=NCCCN2)CC1. The second-order valence-electron chi connectivity index (χ2n) is 5.72. The molecule has 0 saturated carbocycles. The lowest BCUT2D eigenvalue weighted by atomic mass is 9.91. The van der Waals surface area contributed by atoms with E-state index in [1.165, 1.54) is 0 Å². The summed E-state index contributed by atoms with van der Waals surface area (Å²) in [5.74, 6) is 0.848. The van der Waals surface area contributed by atoms with Crippen molar-refractivity contribution < 1.29 is 5.11 Å². The summed E-state index contributed by atoms with van der Waals surface area (Å²) in [4.78, 5) is 6.78. The molecule has 5 heteroatoms. The number of aliphatic hydroxyl groups is 1. The smallest absolute Gasteiger partial charge is 0.191 e. The van der Waals surface area contributed by atoms with Crippen LogP contribution in [0.3, 0.4) is 0 Å². The lowest BCUT2D eigenvalue weighted by Crippen LogP contribution is -2.54. The zero-order valence-electron chi connectivity index (χ0n) is 11.6. The van der Waals surface area contributed by atoms with Crippen LogP contribution in [0, 0.1) is 0 Å². The average molecular weight is 254 g/mol. The van der Waals surface area contributed by atoms with E-state index in [0.29, 0.717) is 12.6 Å². The number of likely N-dealkylation sites (tertiary alicyclic amines) is 1. The van der Waals surface area contributed by atoms with Gasteiger partial charge in [-0.05, 0) is 33.1 Å². The van der Waals surface area contributed by atoms with E-state index in [9.17, 15) is 5.11 Å². The fraction of sp³-hybridized carbons (Fsp3) is 0.923. The summed E-state index contributed by atoms with van der Waals surface area (Å²) in [5.41, 5.74) is -0.576. The van der Waals surface area contributed by atoms with Crippen LogP contribution in [0.15, 0.2) is 4.99 Å². The molecule has 2 aliphatic heterocycles. The number of piperidine rings is 1. The summed E-state index contributed by atoms with van der Waals surface area (Å²) >= 11 is 0. The molecule has 0 atom stereocenters. The molecule has 1 fully saturated rings. The molecule has 0 aromatic heterocycles. The van der Waals surface area contributed by atoms with E-state index in [2.05, 4.69) is 34.4 Å². The van der Waals surface area contributed by atoms with Crippen LogP contribution < -0.4 is 10.6 Å². The van der Waals surface area contributed by atoms with Crippen LogP contribution in [0.5, 0.6) is 0 Å². The standard InChI is InChI=1S/C13H26N4O/c1-11(2)17-8-4-13(18,5-9-17)10-16-12-14-6-3-7-15-12/h11,18H,3-10H2,1-2H3,(H2,14,15,16). The van der Waals surface area contributed by atoms with E-state index >= 15 is 0 Å². The molecule has 2 rings (SSSR count). The highest BCUT2D eigenvalue weighted by molar-refractivity contribution is 5.80. The van der Waals surface area contributed by atoms with Crippen molar-refractivity contribution in [3.05, 3.63) is 0 Å². The van der Waals surface area contributed by atoms with E-state index in [4.69, 9.17) is 0 Å². The third-order valence-electron chi connectivity index (χ3n) is 3.94. The van der Waals surface area contributed by atoms with Crippen LogP contribution in [0.25, 0.3) is 0 Å². The Bertz CT molecular complexity index is 295. The Labute approximate surface area is 110 Å². The first kappa shape index (κ1) is 13.6. The largest absolute Gasteiger partial charge is 0.388 e. The summed E-state index contributed by atoms with van der Waals surface area (Å²) in [6.07, 6.45) is 2.77. The van der Waals surface area contributed by atoms with Crippen molar-refractivity contribution in [3.8, 4) is 0 Å². The minimum atomic E-state index is -0.576. The van der Waals surface area contributed by atoms with Gasteiger partial charge in [-0.1, -0.05) is 0 Å². The molecule has 0 spiro atoms.